The third-order valence-electron chi connectivity index (χ3n) is 7.71. The predicted octanol–water partition coefficient (Wildman–Crippen LogP) is 1.69. The number of likely N-dealkylation sites (N-methyl/N-ethyl adjacent to an activating group) is 1. The zero-order valence-corrected chi connectivity index (χ0v) is 24.4. The van der Waals surface area contributed by atoms with Crippen molar-refractivity contribution < 1.29 is 19.2 Å². The van der Waals surface area contributed by atoms with Crippen molar-refractivity contribution in [2.75, 3.05) is 33.2 Å². The fourth-order valence-electron chi connectivity index (χ4n) is 5.46. The summed E-state index contributed by atoms with van der Waals surface area (Å²) in [5.74, 6) is -0.934. The highest BCUT2D eigenvalue weighted by molar-refractivity contribution is 5.93. The Morgan fingerprint density at radius 3 is 2.07 bits per heavy atom. The van der Waals surface area contributed by atoms with Gasteiger partial charge in [0.1, 0.15) is 12.1 Å². The van der Waals surface area contributed by atoms with E-state index in [1.54, 1.807) is 18.9 Å². The van der Waals surface area contributed by atoms with Gasteiger partial charge in [0.25, 0.3) is 5.91 Å². The van der Waals surface area contributed by atoms with E-state index in [1.807, 2.05) is 79.5 Å². The van der Waals surface area contributed by atoms with E-state index >= 15 is 0 Å². The molecule has 0 aliphatic carbocycles. The molecule has 0 spiro atoms. The summed E-state index contributed by atoms with van der Waals surface area (Å²) in [5, 5.41) is 12.4. The van der Waals surface area contributed by atoms with Crippen molar-refractivity contribution in [1.82, 2.24) is 30.9 Å². The van der Waals surface area contributed by atoms with E-state index < -0.39 is 18.1 Å². The minimum absolute atomic E-state index is 0.0445. The van der Waals surface area contributed by atoms with Crippen LogP contribution in [0.3, 0.4) is 0 Å². The van der Waals surface area contributed by atoms with Crippen molar-refractivity contribution in [3.8, 4) is 0 Å². The molecule has 0 unspecified atom stereocenters. The number of fused-ring (bicyclic) bond motifs is 1. The fourth-order valence-corrected chi connectivity index (χ4v) is 5.46. The third kappa shape index (κ3) is 7.31. The number of amides is 4. The van der Waals surface area contributed by atoms with E-state index in [0.29, 0.717) is 26.1 Å². The van der Waals surface area contributed by atoms with Crippen LogP contribution in [0.2, 0.25) is 0 Å². The molecule has 10 heteroatoms. The van der Waals surface area contributed by atoms with Crippen LogP contribution >= 0.6 is 0 Å². The minimum Gasteiger partial charge on any atom is -0.343 e. The maximum atomic E-state index is 14.1. The molecule has 0 radical (unpaired) electrons. The Hall–Kier alpha value is -3.76. The second-order valence-electron chi connectivity index (χ2n) is 11.2. The number of hydrazine groups is 1. The summed E-state index contributed by atoms with van der Waals surface area (Å²) in [6.45, 7) is 6.95. The first-order valence-corrected chi connectivity index (χ1v) is 14.4. The van der Waals surface area contributed by atoms with E-state index in [1.165, 1.54) is 5.01 Å². The van der Waals surface area contributed by atoms with Gasteiger partial charge in [-0.05, 0) is 37.4 Å². The number of nitrogens with zero attached hydrogens (tertiary/aromatic N) is 3. The topological polar surface area (TPSA) is 114 Å². The zero-order chi connectivity index (χ0) is 29.5. The second kappa shape index (κ2) is 13.7. The van der Waals surface area contributed by atoms with Crippen molar-refractivity contribution in [3.63, 3.8) is 0 Å². The molecule has 10 nitrogen and oxygen atoms in total. The molecule has 4 amide bonds. The van der Waals surface area contributed by atoms with E-state index in [4.69, 9.17) is 0 Å². The van der Waals surface area contributed by atoms with Crippen molar-refractivity contribution in [2.45, 2.75) is 57.8 Å². The van der Waals surface area contributed by atoms with Crippen LogP contribution < -0.4 is 16.0 Å². The molecular weight excluding hydrogens is 520 g/mol. The Morgan fingerprint density at radius 2 is 1.51 bits per heavy atom. The highest BCUT2D eigenvalue weighted by Crippen LogP contribution is 2.26. The first kappa shape index (κ1) is 30.2. The average molecular weight is 563 g/mol. The normalized spacial score (nSPS) is 20.4. The molecule has 0 aromatic heterocycles. The van der Waals surface area contributed by atoms with E-state index in [9.17, 15) is 19.2 Å². The summed E-state index contributed by atoms with van der Waals surface area (Å²) in [6.07, 6.45) is 0.704. The number of rotatable bonds is 9. The summed E-state index contributed by atoms with van der Waals surface area (Å²) >= 11 is 0. The number of hydrogen-bond donors (Lipinski definition) is 3. The molecule has 2 aromatic rings. The minimum atomic E-state index is -0.968. The van der Waals surface area contributed by atoms with Gasteiger partial charge in [-0.25, -0.2) is 5.01 Å². The highest BCUT2D eigenvalue weighted by Gasteiger charge is 2.45. The number of hydrogen-bond acceptors (Lipinski definition) is 6. The predicted molar refractivity (Wildman–Crippen MR) is 156 cm³/mol. The maximum absolute atomic E-state index is 14.1. The van der Waals surface area contributed by atoms with Crippen LogP contribution in [0.1, 0.15) is 50.8 Å². The van der Waals surface area contributed by atoms with Gasteiger partial charge in [0, 0.05) is 26.1 Å². The molecule has 3 N–H and O–H groups in total. The Balaban J connectivity index is 1.60. The van der Waals surface area contributed by atoms with Crippen molar-refractivity contribution >= 4 is 23.6 Å². The highest BCUT2D eigenvalue weighted by atomic mass is 16.2. The molecule has 2 aliphatic heterocycles. The quantitative estimate of drug-likeness (QED) is 0.429. The van der Waals surface area contributed by atoms with Gasteiger partial charge in [-0.1, -0.05) is 74.5 Å². The Kier molecular flexibility index (Phi) is 10.1. The number of nitrogens with one attached hydrogen (secondary N) is 3. The summed E-state index contributed by atoms with van der Waals surface area (Å²) in [7, 11) is 1.71. The number of carbonyl (C=O) groups excluding carboxylic acids is 4. The van der Waals surface area contributed by atoms with Crippen molar-refractivity contribution in [3.05, 3.63) is 71.8 Å². The van der Waals surface area contributed by atoms with Gasteiger partial charge in [-0.15, -0.1) is 0 Å². The molecule has 2 fully saturated rings. The van der Waals surface area contributed by atoms with Crippen LogP contribution in [0.25, 0.3) is 0 Å². The van der Waals surface area contributed by atoms with E-state index in [2.05, 4.69) is 16.0 Å². The van der Waals surface area contributed by atoms with Gasteiger partial charge in [0.05, 0.1) is 18.6 Å². The summed E-state index contributed by atoms with van der Waals surface area (Å²) in [6, 6.07) is 17.0. The van der Waals surface area contributed by atoms with Crippen LogP contribution in [0.5, 0.6) is 0 Å². The molecule has 41 heavy (non-hydrogen) atoms. The molecule has 0 bridgehead atoms. The smallest absolute Gasteiger partial charge is 0.262 e. The lowest BCUT2D eigenvalue weighted by Crippen LogP contribution is -2.64. The molecule has 2 saturated heterocycles. The lowest BCUT2D eigenvalue weighted by molar-refractivity contribution is -0.160. The van der Waals surface area contributed by atoms with E-state index in [-0.39, 0.29) is 48.6 Å². The Bertz CT molecular complexity index is 1170. The van der Waals surface area contributed by atoms with Gasteiger partial charge in [0.15, 0.2) is 0 Å². The van der Waals surface area contributed by atoms with Crippen LogP contribution in [0.15, 0.2) is 60.7 Å². The summed E-state index contributed by atoms with van der Waals surface area (Å²) in [4.78, 5) is 55.5. The number of benzene rings is 2. The first-order valence-electron chi connectivity index (χ1n) is 14.4. The fraction of sp³-hybridized carbons (Fsp3) is 0.484. The lowest BCUT2D eigenvalue weighted by atomic mass is 9.98. The number of carbonyl (C=O) groups is 4. The molecule has 2 aromatic carbocycles. The van der Waals surface area contributed by atoms with E-state index in [0.717, 1.165) is 11.1 Å². The molecule has 3 atom stereocenters. The van der Waals surface area contributed by atoms with Gasteiger partial charge in [-0.2, -0.15) is 0 Å². The second-order valence-corrected chi connectivity index (χ2v) is 11.2. The average Bonchev–Trinajstić information content (AvgIpc) is 3.39. The molecule has 220 valence electrons. The zero-order valence-electron chi connectivity index (χ0n) is 24.4. The molecule has 4 rings (SSSR count). The Morgan fingerprint density at radius 1 is 0.902 bits per heavy atom. The summed E-state index contributed by atoms with van der Waals surface area (Å²) < 4.78 is 0. The van der Waals surface area contributed by atoms with Crippen LogP contribution in [-0.2, 0) is 19.2 Å². The Labute approximate surface area is 242 Å². The summed E-state index contributed by atoms with van der Waals surface area (Å²) in [5.41, 5.74) is 1.88. The van der Waals surface area contributed by atoms with Gasteiger partial charge in [-0.3, -0.25) is 24.2 Å². The van der Waals surface area contributed by atoms with Crippen LogP contribution in [0, 0.1) is 5.92 Å². The van der Waals surface area contributed by atoms with Crippen molar-refractivity contribution in [2.24, 2.45) is 5.92 Å². The SMILES string of the molecule is CN[C@H](C)C(=O)N1CCN2CC[C@@H](C(=O)NC(c3ccccc3)c3ccccc3)N2C(=O)[C@@H](NC(=O)CC(C)C)C1. The molecular formula is C31H42N6O4. The molecule has 0 saturated carbocycles. The van der Waals surface area contributed by atoms with Crippen molar-refractivity contribution in [1.29, 1.82) is 0 Å². The van der Waals surface area contributed by atoms with Crippen LogP contribution in [-0.4, -0.2) is 89.9 Å². The van der Waals surface area contributed by atoms with Gasteiger partial charge in [0.2, 0.25) is 17.7 Å². The molecule has 2 aliphatic rings. The maximum Gasteiger partial charge on any atom is 0.262 e. The largest absolute Gasteiger partial charge is 0.343 e. The van der Waals surface area contributed by atoms with Gasteiger partial charge >= 0.3 is 0 Å². The first-order chi connectivity index (χ1) is 19.7. The molecule has 2 heterocycles. The van der Waals surface area contributed by atoms with Gasteiger partial charge < -0.3 is 20.9 Å². The lowest BCUT2D eigenvalue weighted by Gasteiger charge is -2.40. The monoisotopic (exact) mass is 562 g/mol. The van der Waals surface area contributed by atoms with Crippen LogP contribution in [0.4, 0.5) is 0 Å². The standard InChI is InChI=1S/C31H42N6O4/c1-21(2)19-27(38)33-25-20-35(30(40)22(3)32-4)17-18-36-16-15-26(37(36)31(25)41)29(39)34-28(23-11-7-5-8-12-23)24-13-9-6-10-14-24/h5-14,21-22,25-26,28,32H,15-20H2,1-4H3,(H,33,38)(H,34,39)/t22-,25+,26+/m1/s1. The third-order valence-corrected chi connectivity index (χ3v) is 7.71.